The Morgan fingerprint density at radius 3 is 3.05 bits per heavy atom. The molecule has 1 aromatic heterocycles. The summed E-state index contributed by atoms with van der Waals surface area (Å²) in [6, 6.07) is 0. The Morgan fingerprint density at radius 2 is 2.25 bits per heavy atom. The van der Waals surface area contributed by atoms with Crippen molar-refractivity contribution in [3.05, 3.63) is 23.8 Å². The van der Waals surface area contributed by atoms with Crippen molar-refractivity contribution in [2.24, 2.45) is 10.7 Å². The van der Waals surface area contributed by atoms with E-state index in [1.165, 1.54) is 19.3 Å². The van der Waals surface area contributed by atoms with Crippen LogP contribution in [0.1, 0.15) is 37.8 Å². The molecular weight excluding hydrogens is 252 g/mol. The Morgan fingerprint density at radius 1 is 1.40 bits per heavy atom. The van der Waals surface area contributed by atoms with Crippen LogP contribution in [0.25, 0.3) is 0 Å². The molecule has 0 saturated carbocycles. The Labute approximate surface area is 120 Å². The highest BCUT2D eigenvalue weighted by Crippen LogP contribution is 2.14. The summed E-state index contributed by atoms with van der Waals surface area (Å²) in [5, 5.41) is 11.7. The molecule has 1 aromatic rings. The number of aliphatic imine (C=N–C) groups is 1. The minimum Gasteiger partial charge on any atom is -0.370 e. The average Bonchev–Trinajstić information content (AvgIpc) is 2.65. The largest absolute Gasteiger partial charge is 0.370 e. The molecule has 110 valence electrons. The van der Waals surface area contributed by atoms with Crippen molar-refractivity contribution < 1.29 is 0 Å². The Hall–Kier alpha value is -1.85. The van der Waals surface area contributed by atoms with Gasteiger partial charge in [-0.3, -0.25) is 0 Å². The predicted molar refractivity (Wildman–Crippen MR) is 80.6 cm³/mol. The molecule has 20 heavy (non-hydrogen) atoms. The molecule has 6 heteroatoms. The minimum absolute atomic E-state index is 0.462. The molecule has 0 aromatic carbocycles. The van der Waals surface area contributed by atoms with E-state index in [4.69, 9.17) is 5.73 Å². The number of nitrogens with one attached hydrogen (secondary N) is 1. The van der Waals surface area contributed by atoms with Gasteiger partial charge in [-0.15, -0.1) is 10.2 Å². The smallest absolute Gasteiger partial charge is 0.188 e. The third kappa shape index (κ3) is 4.08. The van der Waals surface area contributed by atoms with Crippen molar-refractivity contribution in [2.75, 3.05) is 13.1 Å². The third-order valence-electron chi connectivity index (χ3n) is 3.36. The van der Waals surface area contributed by atoms with Gasteiger partial charge in [0.15, 0.2) is 5.96 Å². The molecule has 0 amide bonds. The van der Waals surface area contributed by atoms with Crippen LogP contribution in [-0.2, 0) is 19.4 Å². The van der Waals surface area contributed by atoms with Crippen molar-refractivity contribution in [1.29, 1.82) is 0 Å². The van der Waals surface area contributed by atoms with Gasteiger partial charge >= 0.3 is 0 Å². The fourth-order valence-electron chi connectivity index (χ4n) is 2.31. The SMILES string of the molecule is C=C(C)CN=C(N)NCCc1nnc2n1CCCCC2. The minimum atomic E-state index is 0.462. The summed E-state index contributed by atoms with van der Waals surface area (Å²) in [5.74, 6) is 2.63. The zero-order chi connectivity index (χ0) is 14.4. The number of guanidine groups is 1. The molecule has 0 bridgehead atoms. The standard InChI is InChI=1S/C14H24N6/c1-11(2)10-17-14(15)16-8-7-13-19-18-12-6-4-3-5-9-20(12)13/h1,3-10H2,2H3,(H3,15,16,17). The molecule has 0 saturated heterocycles. The molecule has 0 aliphatic carbocycles. The molecule has 6 nitrogen and oxygen atoms in total. The van der Waals surface area contributed by atoms with Crippen LogP contribution in [0, 0.1) is 0 Å². The number of fused-ring (bicyclic) bond motifs is 1. The Bertz CT molecular complexity index is 488. The fourth-order valence-corrected chi connectivity index (χ4v) is 2.31. The average molecular weight is 276 g/mol. The molecule has 2 rings (SSSR count). The van der Waals surface area contributed by atoms with E-state index in [0.717, 1.165) is 43.2 Å². The first kappa shape index (κ1) is 14.6. The molecule has 0 radical (unpaired) electrons. The maximum atomic E-state index is 5.78. The van der Waals surface area contributed by atoms with Crippen molar-refractivity contribution in [1.82, 2.24) is 20.1 Å². The van der Waals surface area contributed by atoms with Crippen LogP contribution in [0.15, 0.2) is 17.1 Å². The van der Waals surface area contributed by atoms with E-state index in [1.807, 2.05) is 6.92 Å². The number of nitrogens with zero attached hydrogens (tertiary/aromatic N) is 4. The summed E-state index contributed by atoms with van der Waals surface area (Å²) in [7, 11) is 0. The molecule has 1 aliphatic heterocycles. The number of rotatable bonds is 5. The molecule has 1 aliphatic rings. The van der Waals surface area contributed by atoms with Crippen LogP contribution < -0.4 is 11.1 Å². The number of nitrogens with two attached hydrogens (primary N) is 1. The second kappa shape index (κ2) is 7.07. The quantitative estimate of drug-likeness (QED) is 0.478. The first-order chi connectivity index (χ1) is 9.66. The van der Waals surface area contributed by atoms with E-state index in [-0.39, 0.29) is 0 Å². The summed E-state index contributed by atoms with van der Waals surface area (Å²) in [6.07, 6.45) is 5.57. The van der Waals surface area contributed by atoms with Gasteiger partial charge in [0.1, 0.15) is 11.6 Å². The van der Waals surface area contributed by atoms with Crippen molar-refractivity contribution >= 4 is 5.96 Å². The highest BCUT2D eigenvalue weighted by Gasteiger charge is 2.13. The molecule has 0 unspecified atom stereocenters. The van der Waals surface area contributed by atoms with Crippen molar-refractivity contribution in [3.63, 3.8) is 0 Å². The summed E-state index contributed by atoms with van der Waals surface area (Å²) in [6.45, 7) is 8.06. The summed E-state index contributed by atoms with van der Waals surface area (Å²) >= 11 is 0. The second-order valence-electron chi connectivity index (χ2n) is 5.33. The molecule has 0 atom stereocenters. The van der Waals surface area contributed by atoms with Crippen molar-refractivity contribution in [3.8, 4) is 0 Å². The number of hydrogen-bond acceptors (Lipinski definition) is 3. The lowest BCUT2D eigenvalue weighted by Gasteiger charge is -2.08. The van der Waals surface area contributed by atoms with E-state index in [2.05, 4.69) is 31.7 Å². The zero-order valence-electron chi connectivity index (χ0n) is 12.2. The Balaban J connectivity index is 1.84. The van der Waals surface area contributed by atoms with Gasteiger partial charge in [-0.25, -0.2) is 4.99 Å². The van der Waals surface area contributed by atoms with Crippen LogP contribution in [0.5, 0.6) is 0 Å². The second-order valence-corrected chi connectivity index (χ2v) is 5.33. The maximum Gasteiger partial charge on any atom is 0.188 e. The molecule has 0 spiro atoms. The first-order valence-electron chi connectivity index (χ1n) is 7.26. The van der Waals surface area contributed by atoms with Crippen LogP contribution in [-0.4, -0.2) is 33.8 Å². The molecular formula is C14H24N6. The van der Waals surface area contributed by atoms with Gasteiger partial charge in [-0.2, -0.15) is 0 Å². The topological polar surface area (TPSA) is 81.1 Å². The van der Waals surface area contributed by atoms with Gasteiger partial charge in [0.05, 0.1) is 6.54 Å². The van der Waals surface area contributed by atoms with E-state index in [0.29, 0.717) is 12.5 Å². The third-order valence-corrected chi connectivity index (χ3v) is 3.36. The monoisotopic (exact) mass is 276 g/mol. The lowest BCUT2D eigenvalue weighted by atomic mass is 10.2. The van der Waals surface area contributed by atoms with Gasteiger partial charge < -0.3 is 15.6 Å². The van der Waals surface area contributed by atoms with Gasteiger partial charge in [0.2, 0.25) is 0 Å². The van der Waals surface area contributed by atoms with E-state index in [1.54, 1.807) is 0 Å². The fraction of sp³-hybridized carbons (Fsp3) is 0.643. The Kier molecular flexibility index (Phi) is 5.15. The lowest BCUT2D eigenvalue weighted by Crippen LogP contribution is -2.33. The predicted octanol–water partition coefficient (Wildman–Crippen LogP) is 1.03. The van der Waals surface area contributed by atoms with Crippen LogP contribution >= 0.6 is 0 Å². The zero-order valence-corrected chi connectivity index (χ0v) is 12.2. The summed E-state index contributed by atoms with van der Waals surface area (Å²) in [4.78, 5) is 4.19. The van der Waals surface area contributed by atoms with Crippen LogP contribution in [0.3, 0.4) is 0 Å². The molecule has 2 heterocycles. The van der Waals surface area contributed by atoms with Gasteiger partial charge in [-0.05, 0) is 19.8 Å². The normalized spacial score (nSPS) is 15.6. The van der Waals surface area contributed by atoms with Gasteiger partial charge in [0.25, 0.3) is 0 Å². The van der Waals surface area contributed by atoms with Crippen LogP contribution in [0.4, 0.5) is 0 Å². The van der Waals surface area contributed by atoms with E-state index >= 15 is 0 Å². The van der Waals surface area contributed by atoms with Gasteiger partial charge in [-0.1, -0.05) is 18.6 Å². The first-order valence-corrected chi connectivity index (χ1v) is 7.26. The molecule has 0 fully saturated rings. The number of hydrogen-bond donors (Lipinski definition) is 2. The number of aromatic nitrogens is 3. The van der Waals surface area contributed by atoms with Crippen LogP contribution in [0.2, 0.25) is 0 Å². The van der Waals surface area contributed by atoms with Gasteiger partial charge in [0, 0.05) is 25.9 Å². The maximum absolute atomic E-state index is 5.78. The number of aryl methyl sites for hydroxylation is 1. The highest BCUT2D eigenvalue weighted by atomic mass is 15.3. The van der Waals surface area contributed by atoms with E-state index < -0.39 is 0 Å². The van der Waals surface area contributed by atoms with Crippen molar-refractivity contribution in [2.45, 2.75) is 45.6 Å². The lowest BCUT2D eigenvalue weighted by molar-refractivity contribution is 0.601. The summed E-state index contributed by atoms with van der Waals surface area (Å²) in [5.41, 5.74) is 6.78. The van der Waals surface area contributed by atoms with E-state index in [9.17, 15) is 0 Å². The highest BCUT2D eigenvalue weighted by molar-refractivity contribution is 5.77. The summed E-state index contributed by atoms with van der Waals surface area (Å²) < 4.78 is 2.26. The molecule has 3 N–H and O–H groups in total.